The van der Waals surface area contributed by atoms with Crippen LogP contribution in [-0.4, -0.2) is 37.2 Å². The van der Waals surface area contributed by atoms with Crippen molar-refractivity contribution in [2.24, 2.45) is 0 Å². The van der Waals surface area contributed by atoms with Crippen molar-refractivity contribution in [1.29, 1.82) is 0 Å². The lowest BCUT2D eigenvalue weighted by Crippen LogP contribution is -3.19. The Balaban J connectivity index is 2.00. The largest absolute Gasteiger partial charge is 0.364 e. The molecular formula is C16H24FN2O2+. The summed E-state index contributed by atoms with van der Waals surface area (Å²) in [6, 6.07) is 4.56. The van der Waals surface area contributed by atoms with Gasteiger partial charge in [-0.25, -0.2) is 4.39 Å². The highest BCUT2D eigenvalue weighted by molar-refractivity contribution is 5.93. The van der Waals surface area contributed by atoms with Crippen molar-refractivity contribution in [3.8, 4) is 0 Å². The molecule has 0 unspecified atom stereocenters. The van der Waals surface area contributed by atoms with E-state index in [1.807, 2.05) is 20.8 Å². The third-order valence-corrected chi connectivity index (χ3v) is 4.01. The second-order valence-corrected chi connectivity index (χ2v) is 6.00. The summed E-state index contributed by atoms with van der Waals surface area (Å²) in [6.07, 6.45) is 0.298. The minimum atomic E-state index is -0.304. The molecule has 1 aromatic carbocycles. The molecule has 1 heterocycles. The van der Waals surface area contributed by atoms with E-state index in [1.54, 1.807) is 19.1 Å². The lowest BCUT2D eigenvalue weighted by molar-refractivity contribution is -0.928. The normalized spacial score (nSPS) is 27.2. The summed E-state index contributed by atoms with van der Waals surface area (Å²) in [5, 5.41) is 2.80. The molecular weight excluding hydrogens is 271 g/mol. The van der Waals surface area contributed by atoms with Crippen LogP contribution < -0.4 is 10.2 Å². The standard InChI is InChI=1S/C16H23FN2O2/c1-10-5-6-14(7-15(10)17)18-16(20)13(4)19-8-11(2)21-12(3)9-19/h5-7,11-13H,8-9H2,1-4H3,(H,18,20)/p+1/t11-,12-,13+/m1/s1. The van der Waals surface area contributed by atoms with E-state index in [-0.39, 0.29) is 30.0 Å². The van der Waals surface area contributed by atoms with Crippen LogP contribution in [0.1, 0.15) is 26.3 Å². The maximum absolute atomic E-state index is 13.5. The lowest BCUT2D eigenvalue weighted by atomic mass is 10.1. The molecule has 5 heteroatoms. The van der Waals surface area contributed by atoms with Gasteiger partial charge >= 0.3 is 0 Å². The van der Waals surface area contributed by atoms with Gasteiger partial charge in [0.1, 0.15) is 31.1 Å². The maximum atomic E-state index is 13.5. The van der Waals surface area contributed by atoms with Crippen molar-refractivity contribution in [3.63, 3.8) is 0 Å². The Kier molecular flexibility index (Phi) is 4.96. The van der Waals surface area contributed by atoms with Gasteiger partial charge in [0, 0.05) is 5.69 Å². The number of amides is 1. The Morgan fingerprint density at radius 2 is 2.00 bits per heavy atom. The zero-order valence-electron chi connectivity index (χ0n) is 13.1. The molecule has 1 aromatic rings. The Morgan fingerprint density at radius 3 is 2.57 bits per heavy atom. The second-order valence-electron chi connectivity index (χ2n) is 6.00. The topological polar surface area (TPSA) is 42.8 Å². The maximum Gasteiger partial charge on any atom is 0.282 e. The molecule has 1 aliphatic rings. The molecule has 2 rings (SSSR count). The number of nitrogens with one attached hydrogen (secondary N) is 2. The Hall–Kier alpha value is -1.46. The first-order chi connectivity index (χ1) is 9.86. The van der Waals surface area contributed by atoms with Crippen LogP contribution >= 0.6 is 0 Å². The number of carbonyl (C=O) groups excluding carboxylic acids is 1. The minimum Gasteiger partial charge on any atom is -0.364 e. The lowest BCUT2D eigenvalue weighted by Gasteiger charge is -2.35. The molecule has 0 aliphatic carbocycles. The van der Waals surface area contributed by atoms with Gasteiger partial charge in [-0.3, -0.25) is 4.79 Å². The van der Waals surface area contributed by atoms with Crippen LogP contribution in [0.3, 0.4) is 0 Å². The van der Waals surface area contributed by atoms with Crippen molar-refractivity contribution >= 4 is 11.6 Å². The van der Waals surface area contributed by atoms with E-state index in [2.05, 4.69) is 5.32 Å². The number of hydrogen-bond acceptors (Lipinski definition) is 2. The second kappa shape index (κ2) is 6.54. The molecule has 116 valence electrons. The number of morpholine rings is 1. The molecule has 0 saturated carbocycles. The quantitative estimate of drug-likeness (QED) is 0.878. The highest BCUT2D eigenvalue weighted by Crippen LogP contribution is 2.13. The number of halogens is 1. The molecule has 1 amide bonds. The van der Waals surface area contributed by atoms with E-state index < -0.39 is 0 Å². The summed E-state index contributed by atoms with van der Waals surface area (Å²) in [4.78, 5) is 13.5. The van der Waals surface area contributed by atoms with Crippen molar-refractivity contribution in [2.45, 2.75) is 45.9 Å². The van der Waals surface area contributed by atoms with Crippen LogP contribution in [0.15, 0.2) is 18.2 Å². The molecule has 0 bridgehead atoms. The molecule has 1 aliphatic heterocycles. The summed E-state index contributed by atoms with van der Waals surface area (Å²) >= 11 is 0. The van der Waals surface area contributed by atoms with E-state index >= 15 is 0 Å². The van der Waals surface area contributed by atoms with E-state index in [4.69, 9.17) is 4.74 Å². The fourth-order valence-corrected chi connectivity index (χ4v) is 2.77. The van der Waals surface area contributed by atoms with Crippen LogP contribution in [0.4, 0.5) is 10.1 Å². The van der Waals surface area contributed by atoms with Gasteiger partial charge in [0.15, 0.2) is 6.04 Å². The third-order valence-electron chi connectivity index (χ3n) is 4.01. The van der Waals surface area contributed by atoms with Crippen LogP contribution in [-0.2, 0) is 9.53 Å². The monoisotopic (exact) mass is 295 g/mol. The predicted molar refractivity (Wildman–Crippen MR) is 79.9 cm³/mol. The number of ether oxygens (including phenoxy) is 1. The van der Waals surface area contributed by atoms with Gasteiger partial charge in [0.2, 0.25) is 0 Å². The van der Waals surface area contributed by atoms with Crippen LogP contribution in [0.25, 0.3) is 0 Å². The number of anilines is 1. The number of quaternary nitrogens is 1. The average Bonchev–Trinajstić information content (AvgIpc) is 2.41. The summed E-state index contributed by atoms with van der Waals surface area (Å²) < 4.78 is 19.2. The van der Waals surface area contributed by atoms with Gasteiger partial charge in [0.05, 0.1) is 0 Å². The summed E-state index contributed by atoms with van der Waals surface area (Å²) in [7, 11) is 0. The van der Waals surface area contributed by atoms with Gasteiger partial charge in [-0.2, -0.15) is 0 Å². The first-order valence-corrected chi connectivity index (χ1v) is 7.44. The molecule has 0 radical (unpaired) electrons. The summed E-state index contributed by atoms with van der Waals surface area (Å²) in [5.74, 6) is -0.393. The molecule has 0 spiro atoms. The highest BCUT2D eigenvalue weighted by Gasteiger charge is 2.32. The van der Waals surface area contributed by atoms with Crippen LogP contribution in [0, 0.1) is 12.7 Å². The highest BCUT2D eigenvalue weighted by atomic mass is 19.1. The van der Waals surface area contributed by atoms with Crippen LogP contribution in [0.5, 0.6) is 0 Å². The molecule has 1 fully saturated rings. The fraction of sp³-hybridized carbons (Fsp3) is 0.562. The van der Waals surface area contributed by atoms with Gasteiger partial charge in [-0.05, 0) is 45.4 Å². The van der Waals surface area contributed by atoms with Crippen molar-refractivity contribution in [3.05, 3.63) is 29.6 Å². The Labute approximate surface area is 125 Å². The minimum absolute atomic E-state index is 0.0884. The number of hydrogen-bond donors (Lipinski definition) is 2. The van der Waals surface area contributed by atoms with E-state index in [0.29, 0.717) is 11.3 Å². The molecule has 21 heavy (non-hydrogen) atoms. The Morgan fingerprint density at radius 1 is 1.38 bits per heavy atom. The zero-order valence-corrected chi connectivity index (χ0v) is 13.1. The number of rotatable bonds is 3. The van der Waals surface area contributed by atoms with Gasteiger partial charge in [0.25, 0.3) is 5.91 Å². The first-order valence-electron chi connectivity index (χ1n) is 7.44. The van der Waals surface area contributed by atoms with Crippen molar-refractivity contribution in [2.75, 3.05) is 18.4 Å². The van der Waals surface area contributed by atoms with E-state index in [0.717, 1.165) is 13.1 Å². The van der Waals surface area contributed by atoms with E-state index in [1.165, 1.54) is 11.0 Å². The molecule has 0 aromatic heterocycles. The third kappa shape index (κ3) is 4.02. The summed E-state index contributed by atoms with van der Waals surface area (Å²) in [5.41, 5.74) is 1.08. The smallest absolute Gasteiger partial charge is 0.282 e. The summed E-state index contributed by atoms with van der Waals surface area (Å²) in [6.45, 7) is 9.26. The van der Waals surface area contributed by atoms with Gasteiger partial charge in [-0.1, -0.05) is 6.07 Å². The predicted octanol–water partition coefficient (Wildman–Crippen LogP) is 1.15. The molecule has 2 N–H and O–H groups in total. The van der Waals surface area contributed by atoms with Crippen molar-refractivity contribution in [1.82, 2.24) is 0 Å². The van der Waals surface area contributed by atoms with Gasteiger partial charge in [-0.15, -0.1) is 0 Å². The number of carbonyl (C=O) groups is 1. The SMILES string of the molecule is Cc1ccc(NC(=O)[C@H](C)[NH+]2C[C@@H](C)O[C@H](C)C2)cc1F. The molecule has 4 nitrogen and oxygen atoms in total. The van der Waals surface area contributed by atoms with Crippen LogP contribution in [0.2, 0.25) is 0 Å². The Bertz CT molecular complexity index is 511. The number of aryl methyl sites for hydroxylation is 1. The molecule has 3 atom stereocenters. The fourth-order valence-electron chi connectivity index (χ4n) is 2.77. The van der Waals surface area contributed by atoms with E-state index in [9.17, 15) is 9.18 Å². The zero-order chi connectivity index (χ0) is 15.6. The first kappa shape index (κ1) is 15.9. The number of benzene rings is 1. The van der Waals surface area contributed by atoms with Gasteiger partial charge < -0.3 is 15.0 Å². The molecule has 1 saturated heterocycles. The average molecular weight is 295 g/mol. The van der Waals surface area contributed by atoms with Crippen molar-refractivity contribution < 1.29 is 18.8 Å².